The summed E-state index contributed by atoms with van der Waals surface area (Å²) in [6.07, 6.45) is 2.54. The molecule has 0 bridgehead atoms. The van der Waals surface area contributed by atoms with Crippen LogP contribution in [0, 0.1) is 0 Å². The standard InChI is InChI=1S/C19H19NO3/c1-21-15-7-4-13(5-8-15)12-16-18-14(10-11-20-16)6-9-17(22-2)19(18)23-3/h4-11H,12H2,1-3H3. The van der Waals surface area contributed by atoms with E-state index in [-0.39, 0.29) is 0 Å². The van der Waals surface area contributed by atoms with Crippen molar-refractivity contribution in [3.8, 4) is 17.2 Å². The summed E-state index contributed by atoms with van der Waals surface area (Å²) >= 11 is 0. The van der Waals surface area contributed by atoms with E-state index in [1.165, 1.54) is 0 Å². The molecular formula is C19H19NO3. The number of rotatable bonds is 5. The number of hydrogen-bond donors (Lipinski definition) is 0. The molecule has 0 unspecified atom stereocenters. The molecule has 0 fully saturated rings. The first kappa shape index (κ1) is 15.2. The molecule has 1 heterocycles. The maximum absolute atomic E-state index is 5.58. The van der Waals surface area contributed by atoms with Crippen LogP contribution >= 0.6 is 0 Å². The van der Waals surface area contributed by atoms with Crippen LogP contribution in [0.15, 0.2) is 48.7 Å². The van der Waals surface area contributed by atoms with Crippen LogP contribution in [0.2, 0.25) is 0 Å². The van der Waals surface area contributed by atoms with Gasteiger partial charge in [0.15, 0.2) is 11.5 Å². The van der Waals surface area contributed by atoms with Crippen LogP contribution in [0.5, 0.6) is 17.2 Å². The molecule has 0 aliphatic carbocycles. The molecule has 0 radical (unpaired) electrons. The largest absolute Gasteiger partial charge is 0.497 e. The lowest BCUT2D eigenvalue weighted by molar-refractivity contribution is 0.358. The Labute approximate surface area is 135 Å². The number of methoxy groups -OCH3 is 3. The van der Waals surface area contributed by atoms with Gasteiger partial charge in [-0.15, -0.1) is 0 Å². The Balaban J connectivity index is 2.08. The monoisotopic (exact) mass is 309 g/mol. The summed E-state index contributed by atoms with van der Waals surface area (Å²) in [6, 6.07) is 13.9. The van der Waals surface area contributed by atoms with Crippen LogP contribution < -0.4 is 14.2 Å². The van der Waals surface area contributed by atoms with Gasteiger partial charge >= 0.3 is 0 Å². The minimum atomic E-state index is 0.712. The van der Waals surface area contributed by atoms with Gasteiger partial charge in [-0.2, -0.15) is 0 Å². The molecule has 0 aliphatic heterocycles. The lowest BCUT2D eigenvalue weighted by Gasteiger charge is -2.13. The van der Waals surface area contributed by atoms with Crippen molar-refractivity contribution in [2.75, 3.05) is 21.3 Å². The quantitative estimate of drug-likeness (QED) is 0.718. The molecule has 0 saturated carbocycles. The van der Waals surface area contributed by atoms with Gasteiger partial charge in [0, 0.05) is 18.0 Å². The third kappa shape index (κ3) is 2.93. The van der Waals surface area contributed by atoms with E-state index >= 15 is 0 Å². The first-order valence-corrected chi connectivity index (χ1v) is 7.38. The number of aromatic nitrogens is 1. The summed E-state index contributed by atoms with van der Waals surface area (Å²) in [7, 11) is 4.96. The Morgan fingerprint density at radius 3 is 2.26 bits per heavy atom. The van der Waals surface area contributed by atoms with E-state index in [0.717, 1.165) is 33.5 Å². The minimum absolute atomic E-state index is 0.712. The Morgan fingerprint density at radius 1 is 0.826 bits per heavy atom. The van der Waals surface area contributed by atoms with E-state index in [4.69, 9.17) is 14.2 Å². The number of pyridine rings is 1. The average Bonchev–Trinajstić information content (AvgIpc) is 2.61. The number of fused-ring (bicyclic) bond motifs is 1. The Hall–Kier alpha value is -2.75. The van der Waals surface area contributed by atoms with Gasteiger partial charge in [-0.1, -0.05) is 18.2 Å². The zero-order chi connectivity index (χ0) is 16.2. The van der Waals surface area contributed by atoms with Gasteiger partial charge in [0.2, 0.25) is 0 Å². The second-order valence-electron chi connectivity index (χ2n) is 5.18. The Kier molecular flexibility index (Phi) is 4.33. The van der Waals surface area contributed by atoms with Crippen molar-refractivity contribution in [1.82, 2.24) is 4.98 Å². The van der Waals surface area contributed by atoms with Gasteiger partial charge in [0.05, 0.1) is 27.0 Å². The molecule has 23 heavy (non-hydrogen) atoms. The van der Waals surface area contributed by atoms with Crippen molar-refractivity contribution < 1.29 is 14.2 Å². The molecule has 0 N–H and O–H groups in total. The SMILES string of the molecule is COc1ccc(Cc2nccc3ccc(OC)c(OC)c23)cc1. The fourth-order valence-corrected chi connectivity index (χ4v) is 2.72. The molecule has 3 rings (SSSR count). The van der Waals surface area contributed by atoms with E-state index in [0.29, 0.717) is 12.2 Å². The van der Waals surface area contributed by atoms with Crippen LogP contribution in [0.25, 0.3) is 10.8 Å². The average molecular weight is 309 g/mol. The molecule has 2 aromatic carbocycles. The van der Waals surface area contributed by atoms with Crippen LogP contribution in [0.3, 0.4) is 0 Å². The fourth-order valence-electron chi connectivity index (χ4n) is 2.72. The highest BCUT2D eigenvalue weighted by atomic mass is 16.5. The summed E-state index contributed by atoms with van der Waals surface area (Å²) < 4.78 is 16.2. The smallest absolute Gasteiger partial charge is 0.170 e. The van der Waals surface area contributed by atoms with E-state index in [9.17, 15) is 0 Å². The molecule has 0 saturated heterocycles. The van der Waals surface area contributed by atoms with Gasteiger partial charge in [-0.05, 0) is 35.2 Å². The second-order valence-corrected chi connectivity index (χ2v) is 5.18. The highest BCUT2D eigenvalue weighted by molar-refractivity contribution is 5.92. The Bertz CT molecular complexity index is 813. The van der Waals surface area contributed by atoms with Crippen molar-refractivity contribution in [3.63, 3.8) is 0 Å². The predicted molar refractivity (Wildman–Crippen MR) is 90.6 cm³/mol. The van der Waals surface area contributed by atoms with Crippen LogP contribution in [0.1, 0.15) is 11.3 Å². The van der Waals surface area contributed by atoms with E-state index in [1.54, 1.807) is 21.3 Å². The number of ether oxygens (including phenoxy) is 3. The maximum atomic E-state index is 5.58. The molecule has 0 amide bonds. The number of hydrogen-bond acceptors (Lipinski definition) is 4. The highest BCUT2D eigenvalue weighted by Crippen LogP contribution is 2.37. The molecule has 4 heteroatoms. The van der Waals surface area contributed by atoms with Crippen LogP contribution in [-0.2, 0) is 6.42 Å². The zero-order valence-corrected chi connectivity index (χ0v) is 13.5. The molecule has 118 valence electrons. The highest BCUT2D eigenvalue weighted by Gasteiger charge is 2.14. The molecule has 4 nitrogen and oxygen atoms in total. The first-order chi connectivity index (χ1) is 11.3. The van der Waals surface area contributed by atoms with Gasteiger partial charge in [0.1, 0.15) is 5.75 Å². The van der Waals surface area contributed by atoms with Gasteiger partial charge in [-0.3, -0.25) is 4.98 Å². The Morgan fingerprint density at radius 2 is 1.61 bits per heavy atom. The summed E-state index contributed by atoms with van der Waals surface area (Å²) in [4.78, 5) is 4.56. The van der Waals surface area contributed by atoms with Gasteiger partial charge < -0.3 is 14.2 Å². The van der Waals surface area contributed by atoms with Crippen molar-refractivity contribution in [1.29, 1.82) is 0 Å². The van der Waals surface area contributed by atoms with E-state index < -0.39 is 0 Å². The van der Waals surface area contributed by atoms with Crippen molar-refractivity contribution in [2.45, 2.75) is 6.42 Å². The lowest BCUT2D eigenvalue weighted by Crippen LogP contribution is -1.98. The van der Waals surface area contributed by atoms with Crippen molar-refractivity contribution >= 4 is 10.8 Å². The number of benzene rings is 2. The van der Waals surface area contributed by atoms with Crippen molar-refractivity contribution in [2.24, 2.45) is 0 Å². The normalized spacial score (nSPS) is 10.6. The van der Waals surface area contributed by atoms with Gasteiger partial charge in [-0.25, -0.2) is 0 Å². The first-order valence-electron chi connectivity index (χ1n) is 7.38. The predicted octanol–water partition coefficient (Wildman–Crippen LogP) is 3.85. The minimum Gasteiger partial charge on any atom is -0.497 e. The van der Waals surface area contributed by atoms with Crippen LogP contribution in [-0.4, -0.2) is 26.3 Å². The molecular weight excluding hydrogens is 290 g/mol. The van der Waals surface area contributed by atoms with Crippen molar-refractivity contribution in [3.05, 3.63) is 59.9 Å². The lowest BCUT2D eigenvalue weighted by atomic mass is 10.0. The third-order valence-electron chi connectivity index (χ3n) is 3.88. The summed E-state index contributed by atoms with van der Waals surface area (Å²) in [5.74, 6) is 2.28. The summed E-state index contributed by atoms with van der Waals surface area (Å²) in [5, 5.41) is 2.08. The maximum Gasteiger partial charge on any atom is 0.170 e. The van der Waals surface area contributed by atoms with Crippen LogP contribution in [0.4, 0.5) is 0 Å². The topological polar surface area (TPSA) is 40.6 Å². The molecule has 0 aliphatic rings. The molecule has 0 spiro atoms. The number of nitrogens with zero attached hydrogens (tertiary/aromatic N) is 1. The fraction of sp³-hybridized carbons (Fsp3) is 0.211. The molecule has 3 aromatic rings. The summed E-state index contributed by atoms with van der Waals surface area (Å²) in [6.45, 7) is 0. The second kappa shape index (κ2) is 6.57. The zero-order valence-electron chi connectivity index (χ0n) is 13.5. The third-order valence-corrected chi connectivity index (χ3v) is 3.88. The van der Waals surface area contributed by atoms with E-state index in [2.05, 4.69) is 4.98 Å². The molecule has 0 atom stereocenters. The van der Waals surface area contributed by atoms with Gasteiger partial charge in [0.25, 0.3) is 0 Å². The molecule has 1 aromatic heterocycles. The summed E-state index contributed by atoms with van der Waals surface area (Å²) in [5.41, 5.74) is 2.12. The van der Waals surface area contributed by atoms with E-state index in [1.807, 2.05) is 48.7 Å².